The van der Waals surface area contributed by atoms with Crippen LogP contribution in [0.5, 0.6) is 0 Å². The van der Waals surface area contributed by atoms with Gasteiger partial charge in [-0.15, -0.1) is 0 Å². The van der Waals surface area contributed by atoms with E-state index < -0.39 is 6.04 Å². The fraction of sp³-hybridized carbons (Fsp3) is 0.667. The van der Waals surface area contributed by atoms with Crippen LogP contribution >= 0.6 is 0 Å². The number of nitrogens with two attached hydrogens (primary N) is 1. The number of hydrogen-bond acceptors (Lipinski definition) is 3. The minimum absolute atomic E-state index is 0.0394. The molecule has 0 rings (SSSR count). The standard InChI is InChI=1S/C3H6NO2.Al.2H/c4-3(1-5)2-6;;;/h3,5H,1,4H2;;;. The first-order valence-electron chi connectivity index (χ1n) is 2.05. The Morgan fingerprint density at radius 2 is 2.43 bits per heavy atom. The molecule has 0 bridgehead atoms. The molecule has 0 saturated heterocycles. The minimum atomic E-state index is -0.619. The zero-order valence-corrected chi connectivity index (χ0v) is 6.22. The third-order valence-corrected chi connectivity index (χ3v) is 1.46. The number of carbonyl (C=O) groups is 1. The first-order chi connectivity index (χ1) is 3.18. The summed E-state index contributed by atoms with van der Waals surface area (Å²) in [6.07, 6.45) is 0. The predicted octanol–water partition coefficient (Wildman–Crippen LogP) is -2.53. The minimum Gasteiger partial charge on any atom is -0.394 e. The molecule has 0 heterocycles. The molecular weight excluding hydrogens is 109 g/mol. The van der Waals surface area contributed by atoms with Gasteiger partial charge in [-0.05, 0) is 0 Å². The van der Waals surface area contributed by atoms with Gasteiger partial charge < -0.3 is 15.6 Å². The molecule has 0 aliphatic carbocycles. The van der Waals surface area contributed by atoms with E-state index in [1.165, 1.54) is 0 Å². The predicted molar refractivity (Wildman–Crippen MR) is 28.6 cm³/mol. The second-order valence-electron chi connectivity index (χ2n) is 1.40. The van der Waals surface area contributed by atoms with Crippen LogP contribution < -0.4 is 5.73 Å². The zero-order chi connectivity index (χ0) is 5.86. The molecule has 0 aromatic rings. The third-order valence-electron chi connectivity index (χ3n) is 0.719. The molecule has 0 fully saturated rings. The van der Waals surface area contributed by atoms with Crippen molar-refractivity contribution in [3.63, 3.8) is 0 Å². The van der Waals surface area contributed by atoms with Crippen molar-refractivity contribution in [2.45, 2.75) is 6.04 Å². The number of aliphatic hydroxyl groups is 1. The quantitative estimate of drug-likeness (QED) is 0.392. The number of aliphatic hydroxyl groups excluding tert-OH is 1. The number of carbonyl (C=O) groups excluding carboxylic acids is 1. The molecule has 3 N–H and O–H groups in total. The molecule has 0 radical (unpaired) electrons. The molecule has 40 valence electrons. The van der Waals surface area contributed by atoms with E-state index in [1.54, 1.807) is 0 Å². The highest BCUT2D eigenvalue weighted by atomic mass is 27.0. The Balaban J connectivity index is 3.34. The third kappa shape index (κ3) is 2.78. The van der Waals surface area contributed by atoms with E-state index in [9.17, 15) is 4.79 Å². The second-order valence-corrected chi connectivity index (χ2v) is 2.39. The van der Waals surface area contributed by atoms with Crippen molar-refractivity contribution in [3.8, 4) is 0 Å². The van der Waals surface area contributed by atoms with E-state index in [4.69, 9.17) is 10.8 Å². The van der Waals surface area contributed by atoms with Gasteiger partial charge >= 0.3 is 16.3 Å². The Hall–Kier alpha value is 0.122. The van der Waals surface area contributed by atoms with Crippen molar-refractivity contribution in [3.05, 3.63) is 0 Å². The molecule has 0 aromatic heterocycles. The lowest BCUT2D eigenvalue weighted by Gasteiger charge is -1.99. The lowest BCUT2D eigenvalue weighted by Crippen LogP contribution is -2.33. The molecule has 0 amide bonds. The van der Waals surface area contributed by atoms with Crippen molar-refractivity contribution in [2.75, 3.05) is 6.61 Å². The van der Waals surface area contributed by atoms with Crippen LogP contribution in [0.3, 0.4) is 0 Å². The smallest absolute Gasteiger partial charge is 0.322 e. The fourth-order valence-electron chi connectivity index (χ4n) is 0.129. The van der Waals surface area contributed by atoms with E-state index in [0.717, 1.165) is 0 Å². The molecule has 0 aliphatic rings. The fourth-order valence-corrected chi connectivity index (χ4v) is 0.311. The summed E-state index contributed by atoms with van der Waals surface area (Å²) < 4.78 is -0.0394. The summed E-state index contributed by atoms with van der Waals surface area (Å²) in [5.74, 6) is 0. The molecule has 1 atom stereocenters. The zero-order valence-electron chi connectivity index (χ0n) is 4.22. The van der Waals surface area contributed by atoms with Gasteiger partial charge in [-0.25, -0.2) is 0 Å². The van der Waals surface area contributed by atoms with Gasteiger partial charge in [-0.2, -0.15) is 0 Å². The van der Waals surface area contributed by atoms with Crippen molar-refractivity contribution < 1.29 is 9.90 Å². The van der Waals surface area contributed by atoms with Crippen LogP contribution in [0.2, 0.25) is 0 Å². The van der Waals surface area contributed by atoms with E-state index in [0.29, 0.717) is 16.3 Å². The second kappa shape index (κ2) is 3.17. The molecule has 4 heteroatoms. The topological polar surface area (TPSA) is 63.3 Å². The highest BCUT2D eigenvalue weighted by Gasteiger charge is 2.02. The largest absolute Gasteiger partial charge is 0.394 e. The van der Waals surface area contributed by atoms with Crippen LogP contribution in [0.1, 0.15) is 0 Å². The van der Waals surface area contributed by atoms with Gasteiger partial charge in [-0.1, -0.05) is 0 Å². The van der Waals surface area contributed by atoms with Gasteiger partial charge in [0.2, 0.25) is 0 Å². The lowest BCUT2D eigenvalue weighted by molar-refractivity contribution is -0.113. The maximum Gasteiger partial charge on any atom is 0.322 e. The van der Waals surface area contributed by atoms with Gasteiger partial charge in [0.05, 0.1) is 17.3 Å². The van der Waals surface area contributed by atoms with E-state index in [-0.39, 0.29) is 11.3 Å². The van der Waals surface area contributed by atoms with Crippen molar-refractivity contribution >= 4 is 20.9 Å². The lowest BCUT2D eigenvalue weighted by atomic mass is 10.4. The Kier molecular flexibility index (Phi) is 3.22. The molecule has 1 unspecified atom stereocenters. The average molecular weight is 117 g/mol. The van der Waals surface area contributed by atoms with E-state index >= 15 is 0 Å². The normalized spacial score (nSPS) is 13.4. The van der Waals surface area contributed by atoms with Crippen LogP contribution in [-0.2, 0) is 4.79 Å². The molecule has 7 heavy (non-hydrogen) atoms. The summed E-state index contributed by atoms with van der Waals surface area (Å²) in [7, 11) is 0. The maximum absolute atomic E-state index is 10.2. The Morgan fingerprint density at radius 1 is 2.00 bits per heavy atom. The maximum atomic E-state index is 10.2. The van der Waals surface area contributed by atoms with Gasteiger partial charge in [0, 0.05) is 0 Å². The summed E-state index contributed by atoms with van der Waals surface area (Å²) in [5, 5.41) is 8.18. The average Bonchev–Trinajstić information content (AvgIpc) is 1.65. The summed E-state index contributed by atoms with van der Waals surface area (Å²) in [6, 6.07) is -0.619. The molecular formula is C3H8AlNO2. The molecule has 0 spiro atoms. The summed E-state index contributed by atoms with van der Waals surface area (Å²) in [5.41, 5.74) is 5.05. The molecule has 3 nitrogen and oxygen atoms in total. The molecule has 0 aromatic carbocycles. The van der Waals surface area contributed by atoms with Crippen LogP contribution in [-0.4, -0.2) is 38.7 Å². The SMILES string of the molecule is NC(CO)[C](=O)[AlH2]. The number of hydrogen-bond donors (Lipinski definition) is 2. The van der Waals surface area contributed by atoms with Crippen LogP contribution in [0.15, 0.2) is 0 Å². The van der Waals surface area contributed by atoms with Gasteiger partial charge in [-0.3, -0.25) is 0 Å². The van der Waals surface area contributed by atoms with E-state index in [2.05, 4.69) is 0 Å². The van der Waals surface area contributed by atoms with Crippen molar-refractivity contribution in [2.24, 2.45) is 5.73 Å². The summed E-state index contributed by atoms with van der Waals surface area (Å²) in [4.78, 5) is 10.2. The number of rotatable bonds is 2. The first kappa shape index (κ1) is 7.12. The van der Waals surface area contributed by atoms with Crippen LogP contribution in [0.4, 0.5) is 0 Å². The highest BCUT2D eigenvalue weighted by molar-refractivity contribution is 6.59. The first-order valence-corrected chi connectivity index (χ1v) is 3.05. The van der Waals surface area contributed by atoms with Gasteiger partial charge in [0.15, 0.2) is 0 Å². The molecule has 0 saturated carbocycles. The van der Waals surface area contributed by atoms with Crippen LogP contribution in [0.25, 0.3) is 0 Å². The Bertz CT molecular complexity index is 75.3. The van der Waals surface area contributed by atoms with E-state index in [1.807, 2.05) is 0 Å². The Morgan fingerprint density at radius 3 is 2.43 bits per heavy atom. The Labute approximate surface area is 49.9 Å². The highest BCUT2D eigenvalue weighted by Crippen LogP contribution is 1.70. The van der Waals surface area contributed by atoms with Gasteiger partial charge in [0.25, 0.3) is 0 Å². The monoisotopic (exact) mass is 117 g/mol. The van der Waals surface area contributed by atoms with Crippen molar-refractivity contribution in [1.29, 1.82) is 0 Å². The summed E-state index contributed by atoms with van der Waals surface area (Å²) in [6.45, 7) is -0.220. The van der Waals surface area contributed by atoms with Crippen molar-refractivity contribution in [1.82, 2.24) is 0 Å². The molecule has 0 aliphatic heterocycles. The summed E-state index contributed by atoms with van der Waals surface area (Å²) >= 11 is 0.439. The van der Waals surface area contributed by atoms with Gasteiger partial charge in [0.1, 0.15) is 0 Å². The van der Waals surface area contributed by atoms with Crippen LogP contribution in [0, 0.1) is 0 Å².